The van der Waals surface area contributed by atoms with Crippen molar-refractivity contribution in [2.75, 3.05) is 34.8 Å². The van der Waals surface area contributed by atoms with E-state index in [-0.39, 0.29) is 48.7 Å². The highest BCUT2D eigenvalue weighted by molar-refractivity contribution is 5.88. The maximum absolute atomic E-state index is 14.1. The molecule has 3 rings (SSSR count). The fourth-order valence-corrected chi connectivity index (χ4v) is 8.40. The number of carbonyl (C=O) groups is 1. The summed E-state index contributed by atoms with van der Waals surface area (Å²) in [6.45, 7) is 17.7. The number of cyclic esters (lactones) is 1. The van der Waals surface area contributed by atoms with Gasteiger partial charge in [0, 0.05) is 38.1 Å². The Balaban J connectivity index is 2.23. The van der Waals surface area contributed by atoms with E-state index < -0.39 is 83.9 Å². The Morgan fingerprint density at radius 3 is 2.15 bits per heavy atom. The minimum absolute atomic E-state index is 0.0277. The first-order chi connectivity index (χ1) is 23.9. The van der Waals surface area contributed by atoms with Gasteiger partial charge in [-0.2, -0.15) is 0 Å². The van der Waals surface area contributed by atoms with Gasteiger partial charge in [0.05, 0.1) is 35.1 Å². The van der Waals surface area contributed by atoms with Crippen molar-refractivity contribution in [3.05, 3.63) is 11.3 Å². The van der Waals surface area contributed by atoms with Crippen LogP contribution in [0.4, 0.5) is 0 Å². The molecule has 0 aromatic carbocycles. The van der Waals surface area contributed by atoms with Gasteiger partial charge in [0.1, 0.15) is 35.8 Å². The van der Waals surface area contributed by atoms with Crippen LogP contribution < -0.4 is 0 Å². The summed E-state index contributed by atoms with van der Waals surface area (Å²) in [6.07, 6.45) is -7.51. The molecule has 0 aromatic rings. The third-order valence-electron chi connectivity index (χ3n) is 11.8. The van der Waals surface area contributed by atoms with Crippen LogP contribution >= 0.6 is 0 Å². The highest BCUT2D eigenvalue weighted by Gasteiger charge is 2.51. The normalized spacial score (nSPS) is 48.2. The number of esters is 1. The molecule has 3 aliphatic heterocycles. The molecule has 0 radical (unpaired) electrons. The molecule has 0 bridgehead atoms. The van der Waals surface area contributed by atoms with Crippen molar-refractivity contribution in [1.82, 2.24) is 9.80 Å². The van der Waals surface area contributed by atoms with Gasteiger partial charge in [-0.1, -0.05) is 20.8 Å². The third kappa shape index (κ3) is 9.86. The molecule has 5 N–H and O–H groups in total. The second kappa shape index (κ2) is 17.6. The molecule has 0 unspecified atom stereocenters. The van der Waals surface area contributed by atoms with Gasteiger partial charge in [-0.25, -0.2) is 4.79 Å². The molecule has 0 amide bonds. The number of nitrogens with zero attached hydrogens (tertiary/aromatic N) is 2. The Hall–Kier alpha value is -1.43. The summed E-state index contributed by atoms with van der Waals surface area (Å²) in [4.78, 5) is 18.0. The Morgan fingerprint density at radius 1 is 0.981 bits per heavy atom. The van der Waals surface area contributed by atoms with Crippen molar-refractivity contribution in [2.45, 2.75) is 179 Å². The molecule has 0 spiro atoms. The molecule has 52 heavy (non-hydrogen) atoms. The lowest BCUT2D eigenvalue weighted by Crippen LogP contribution is -2.59. The van der Waals surface area contributed by atoms with Crippen molar-refractivity contribution in [3.63, 3.8) is 0 Å². The zero-order valence-corrected chi connectivity index (χ0v) is 34.0. The molecule has 0 aliphatic carbocycles. The smallest absolute Gasteiger partial charge is 0.337 e. The summed E-state index contributed by atoms with van der Waals surface area (Å²) >= 11 is 0. The number of hydrogen-bond acceptors (Lipinski definition) is 14. The highest BCUT2D eigenvalue weighted by Crippen LogP contribution is 2.40. The Morgan fingerprint density at radius 2 is 1.60 bits per heavy atom. The van der Waals surface area contributed by atoms with Crippen molar-refractivity contribution in [1.29, 1.82) is 0 Å². The lowest BCUT2D eigenvalue weighted by Gasteiger charge is -2.47. The van der Waals surface area contributed by atoms with E-state index in [9.17, 15) is 30.3 Å². The van der Waals surface area contributed by atoms with Crippen LogP contribution in [-0.4, -0.2) is 160 Å². The van der Waals surface area contributed by atoms with Gasteiger partial charge in [-0.05, 0) is 94.8 Å². The van der Waals surface area contributed by atoms with E-state index in [1.54, 1.807) is 41.5 Å². The lowest BCUT2D eigenvalue weighted by molar-refractivity contribution is -0.298. The van der Waals surface area contributed by atoms with Crippen LogP contribution in [0.25, 0.3) is 0 Å². The molecule has 14 heteroatoms. The Labute approximate surface area is 311 Å². The molecule has 14 nitrogen and oxygen atoms in total. The van der Waals surface area contributed by atoms with E-state index in [1.807, 2.05) is 44.8 Å². The molecule has 0 aromatic heterocycles. The topological polar surface area (TPSA) is 180 Å². The number of rotatable bonds is 7. The van der Waals surface area contributed by atoms with Crippen molar-refractivity contribution in [3.8, 4) is 0 Å². The second-order valence-corrected chi connectivity index (χ2v) is 16.8. The van der Waals surface area contributed by atoms with Gasteiger partial charge >= 0.3 is 5.97 Å². The van der Waals surface area contributed by atoms with Gasteiger partial charge in [0.15, 0.2) is 6.29 Å². The molecule has 3 aliphatic rings. The number of methoxy groups -OCH3 is 1. The summed E-state index contributed by atoms with van der Waals surface area (Å²) in [6, 6.07) is -0.832. The minimum Gasteiger partial charge on any atom is -0.468 e. The first-order valence-corrected chi connectivity index (χ1v) is 18.9. The zero-order valence-electron chi connectivity index (χ0n) is 34.0. The Bertz CT molecular complexity index is 1210. The quantitative estimate of drug-likeness (QED) is 0.239. The molecular weight excluding hydrogens is 676 g/mol. The first kappa shape index (κ1) is 45.0. The Kier molecular flexibility index (Phi) is 15.2. The molecule has 2 fully saturated rings. The SMILES string of the molecule is CC[C@H]1OC(=O)/C(C)=C(/O[C@H]2C[C@@](C)(OC)[C@@H](O)[C@H](C)O2)[C@H](C)[C@@H](O[C@@H]2O[C@H](C)C[C@H](N(C)C)[C@H]2O)[C@](C)(O)C[C@@H](C)CN(C)[C@H](C)[C@@H](O)[C@]1(C)O. The fourth-order valence-electron chi connectivity index (χ4n) is 8.40. The van der Waals surface area contributed by atoms with Gasteiger partial charge in [0.25, 0.3) is 0 Å². The van der Waals surface area contributed by atoms with Gasteiger partial charge < -0.3 is 63.8 Å². The summed E-state index contributed by atoms with van der Waals surface area (Å²) in [5, 5.41) is 58.1. The number of ether oxygens (including phenoxy) is 6. The molecule has 16 atom stereocenters. The van der Waals surface area contributed by atoms with Crippen LogP contribution in [0.15, 0.2) is 11.3 Å². The number of aliphatic hydroxyl groups is 5. The van der Waals surface area contributed by atoms with Crippen molar-refractivity contribution >= 4 is 5.97 Å². The predicted octanol–water partition coefficient (Wildman–Crippen LogP) is 2.17. The average Bonchev–Trinajstić information content (AvgIpc) is 3.05. The van der Waals surface area contributed by atoms with Gasteiger partial charge in [-0.15, -0.1) is 0 Å². The van der Waals surface area contributed by atoms with Gasteiger partial charge in [-0.3, -0.25) is 0 Å². The number of hydrogen-bond donors (Lipinski definition) is 5. The molecular formula is C38H70N2O12. The third-order valence-corrected chi connectivity index (χ3v) is 11.8. The van der Waals surface area contributed by atoms with Crippen LogP contribution in [0.3, 0.4) is 0 Å². The molecule has 3 heterocycles. The lowest BCUT2D eigenvalue weighted by atomic mass is 9.80. The largest absolute Gasteiger partial charge is 0.468 e. The summed E-state index contributed by atoms with van der Waals surface area (Å²) in [5.41, 5.74) is -4.43. The van der Waals surface area contributed by atoms with E-state index in [2.05, 4.69) is 0 Å². The first-order valence-electron chi connectivity index (χ1n) is 18.9. The summed E-state index contributed by atoms with van der Waals surface area (Å²) < 4.78 is 37.2. The maximum atomic E-state index is 14.1. The maximum Gasteiger partial charge on any atom is 0.337 e. The predicted molar refractivity (Wildman–Crippen MR) is 194 cm³/mol. The standard InChI is InChI=1S/C38H70N2O12/c1-15-27-38(10,46)31(42)24(6)40(13)19-20(2)17-36(8,45)33(52-35-29(41)26(39(11)12)16-21(3)48-35)22(4)30(23(5)34(44)50-27)51-28-18-37(9,47-14)32(43)25(7)49-28/h20-22,24-29,31-33,35,41-43,45-46H,15-19H2,1-14H3/b30-23+/t20-,21-,22+,24-,25+,26+,27-,28+,29-,31-,32+,33-,35+,36-,37-,38-/m1/s1. The number of aliphatic hydroxyl groups excluding tert-OH is 3. The van der Waals surface area contributed by atoms with E-state index >= 15 is 0 Å². The van der Waals surface area contributed by atoms with Gasteiger partial charge in [0.2, 0.25) is 6.29 Å². The molecule has 304 valence electrons. The summed E-state index contributed by atoms with van der Waals surface area (Å²) in [5.74, 6) is -1.74. The fraction of sp³-hybridized carbons (Fsp3) is 0.921. The second-order valence-electron chi connectivity index (χ2n) is 16.8. The molecule has 2 saturated heterocycles. The molecule has 0 saturated carbocycles. The summed E-state index contributed by atoms with van der Waals surface area (Å²) in [7, 11) is 7.08. The monoisotopic (exact) mass is 746 g/mol. The van der Waals surface area contributed by atoms with Crippen molar-refractivity contribution in [2.24, 2.45) is 11.8 Å². The van der Waals surface area contributed by atoms with E-state index in [1.165, 1.54) is 21.0 Å². The minimum atomic E-state index is -1.82. The highest BCUT2D eigenvalue weighted by atomic mass is 16.7. The van der Waals surface area contributed by atoms with E-state index in [0.717, 1.165) is 0 Å². The van der Waals surface area contributed by atoms with Crippen LogP contribution in [-0.2, 0) is 33.2 Å². The van der Waals surface area contributed by atoms with E-state index in [0.29, 0.717) is 13.0 Å². The number of likely N-dealkylation sites (N-methyl/N-ethyl adjacent to an activating group) is 2. The zero-order chi connectivity index (χ0) is 39.7. The van der Waals surface area contributed by atoms with Crippen LogP contribution in [0, 0.1) is 11.8 Å². The van der Waals surface area contributed by atoms with Crippen molar-refractivity contribution < 1.29 is 58.7 Å². The number of carbonyl (C=O) groups excluding carboxylic acids is 1. The van der Waals surface area contributed by atoms with Crippen LogP contribution in [0.2, 0.25) is 0 Å². The van der Waals surface area contributed by atoms with Crippen LogP contribution in [0.5, 0.6) is 0 Å². The average molecular weight is 747 g/mol. The van der Waals surface area contributed by atoms with Crippen LogP contribution in [0.1, 0.15) is 94.9 Å². The van der Waals surface area contributed by atoms with E-state index in [4.69, 9.17) is 28.4 Å².